The van der Waals surface area contributed by atoms with Crippen LogP contribution in [-0.2, 0) is 6.54 Å². The van der Waals surface area contributed by atoms with Crippen molar-refractivity contribution in [3.63, 3.8) is 0 Å². The molecule has 1 aromatic heterocycles. The summed E-state index contributed by atoms with van der Waals surface area (Å²) in [5.41, 5.74) is 2.79. The first-order valence-corrected chi connectivity index (χ1v) is 8.22. The van der Waals surface area contributed by atoms with Crippen LogP contribution in [-0.4, -0.2) is 22.6 Å². The molecule has 112 valence electrons. The van der Waals surface area contributed by atoms with Gasteiger partial charge in [0.25, 0.3) is 0 Å². The summed E-state index contributed by atoms with van der Waals surface area (Å²) < 4.78 is 2.48. The van der Waals surface area contributed by atoms with Crippen LogP contribution in [0.3, 0.4) is 0 Å². The lowest BCUT2D eigenvalue weighted by Gasteiger charge is -2.34. The molecular formula is C20H22N2. The van der Waals surface area contributed by atoms with E-state index in [4.69, 9.17) is 0 Å². The summed E-state index contributed by atoms with van der Waals surface area (Å²) in [4.78, 5) is 2.60. The Bertz CT molecular complexity index is 745. The first-order valence-electron chi connectivity index (χ1n) is 8.22. The van der Waals surface area contributed by atoms with Crippen molar-refractivity contribution in [3.8, 4) is 0 Å². The van der Waals surface area contributed by atoms with Crippen LogP contribution in [0.1, 0.15) is 24.4 Å². The van der Waals surface area contributed by atoms with Crippen LogP contribution in [0, 0.1) is 0 Å². The molecule has 1 saturated heterocycles. The number of nitrogens with zero attached hydrogens (tertiary/aromatic N) is 2. The molecular weight excluding hydrogens is 268 g/mol. The van der Waals surface area contributed by atoms with Crippen LogP contribution in [0.5, 0.6) is 0 Å². The van der Waals surface area contributed by atoms with Crippen molar-refractivity contribution in [1.82, 2.24) is 9.47 Å². The second kappa shape index (κ2) is 5.98. The van der Waals surface area contributed by atoms with E-state index < -0.39 is 0 Å². The van der Waals surface area contributed by atoms with Crippen molar-refractivity contribution in [2.75, 3.05) is 13.1 Å². The molecule has 4 rings (SSSR count). The summed E-state index contributed by atoms with van der Waals surface area (Å²) in [6.45, 7) is 3.43. The summed E-state index contributed by atoms with van der Waals surface area (Å²) in [5.74, 6) is 0. The number of likely N-dealkylation sites (tertiary alicyclic amines) is 1. The molecule has 0 N–H and O–H groups in total. The number of fused-ring (bicyclic) bond motifs is 1. The van der Waals surface area contributed by atoms with Crippen LogP contribution in [0.25, 0.3) is 10.9 Å². The van der Waals surface area contributed by atoms with Gasteiger partial charge in [-0.3, -0.25) is 4.90 Å². The van der Waals surface area contributed by atoms with Gasteiger partial charge in [-0.05, 0) is 42.5 Å². The number of hydrogen-bond acceptors (Lipinski definition) is 1. The molecule has 3 aromatic rings. The Hall–Kier alpha value is -2.06. The Morgan fingerprint density at radius 2 is 1.73 bits per heavy atom. The lowest BCUT2D eigenvalue weighted by atomic mass is 10.0. The van der Waals surface area contributed by atoms with Gasteiger partial charge in [-0.1, -0.05) is 48.5 Å². The van der Waals surface area contributed by atoms with Gasteiger partial charge >= 0.3 is 0 Å². The van der Waals surface area contributed by atoms with Crippen molar-refractivity contribution in [2.24, 2.45) is 0 Å². The van der Waals surface area contributed by atoms with Crippen molar-refractivity contribution in [2.45, 2.75) is 25.4 Å². The number of hydrogen-bond donors (Lipinski definition) is 0. The molecule has 22 heavy (non-hydrogen) atoms. The summed E-state index contributed by atoms with van der Waals surface area (Å²) in [7, 11) is 0. The molecule has 1 aliphatic heterocycles. The first kappa shape index (κ1) is 13.6. The Labute approximate surface area is 132 Å². The molecule has 2 heterocycles. The molecule has 1 aliphatic rings. The number of aromatic nitrogens is 1. The molecule has 0 amide bonds. The molecule has 0 radical (unpaired) electrons. The first-order chi connectivity index (χ1) is 10.9. The van der Waals surface area contributed by atoms with Crippen molar-refractivity contribution >= 4 is 10.9 Å². The fourth-order valence-electron chi connectivity index (χ4n) is 3.67. The molecule has 0 spiro atoms. The summed E-state index contributed by atoms with van der Waals surface area (Å²) in [5, 5.41) is 1.35. The normalized spacial score (nSPS) is 19.5. The summed E-state index contributed by atoms with van der Waals surface area (Å²) >= 11 is 0. The van der Waals surface area contributed by atoms with Gasteiger partial charge in [-0.2, -0.15) is 0 Å². The lowest BCUT2D eigenvalue weighted by Crippen LogP contribution is -2.35. The monoisotopic (exact) mass is 290 g/mol. The van der Waals surface area contributed by atoms with E-state index >= 15 is 0 Å². The second-order valence-electron chi connectivity index (χ2n) is 6.30. The Kier molecular flexibility index (Phi) is 3.69. The second-order valence-corrected chi connectivity index (χ2v) is 6.30. The smallest absolute Gasteiger partial charge is 0.0483 e. The van der Waals surface area contributed by atoms with Gasteiger partial charge in [-0.15, -0.1) is 0 Å². The largest absolute Gasteiger partial charge is 0.343 e. The molecule has 0 bridgehead atoms. The molecule has 2 nitrogen and oxygen atoms in total. The van der Waals surface area contributed by atoms with Crippen molar-refractivity contribution in [3.05, 3.63) is 72.4 Å². The molecule has 1 atom stereocenters. The van der Waals surface area contributed by atoms with E-state index in [1.54, 1.807) is 0 Å². The summed E-state index contributed by atoms with van der Waals surface area (Å²) in [6.07, 6.45) is 4.83. The minimum absolute atomic E-state index is 0.595. The van der Waals surface area contributed by atoms with E-state index in [2.05, 4.69) is 76.3 Å². The molecule has 1 unspecified atom stereocenters. The van der Waals surface area contributed by atoms with Gasteiger partial charge in [0.15, 0.2) is 0 Å². The van der Waals surface area contributed by atoms with Gasteiger partial charge in [0, 0.05) is 30.8 Å². The zero-order valence-electron chi connectivity index (χ0n) is 12.9. The van der Waals surface area contributed by atoms with Crippen LogP contribution < -0.4 is 0 Å². The Morgan fingerprint density at radius 1 is 0.909 bits per heavy atom. The average Bonchev–Trinajstić information content (AvgIpc) is 3.00. The average molecular weight is 290 g/mol. The molecule has 0 aliphatic carbocycles. The maximum absolute atomic E-state index is 2.60. The quantitative estimate of drug-likeness (QED) is 0.690. The zero-order valence-corrected chi connectivity index (χ0v) is 12.9. The lowest BCUT2D eigenvalue weighted by molar-refractivity contribution is 0.172. The third kappa shape index (κ3) is 2.67. The highest BCUT2D eigenvalue weighted by molar-refractivity contribution is 5.80. The van der Waals surface area contributed by atoms with Crippen LogP contribution >= 0.6 is 0 Å². The van der Waals surface area contributed by atoms with E-state index in [0.29, 0.717) is 6.04 Å². The highest BCUT2D eigenvalue weighted by Gasteiger charge is 2.21. The maximum Gasteiger partial charge on any atom is 0.0483 e. The van der Waals surface area contributed by atoms with E-state index in [1.165, 1.54) is 35.9 Å². The number of benzene rings is 2. The van der Waals surface area contributed by atoms with Gasteiger partial charge in [0.1, 0.15) is 0 Å². The maximum atomic E-state index is 2.60. The highest BCUT2D eigenvalue weighted by Crippen LogP contribution is 2.27. The molecule has 2 aromatic carbocycles. The zero-order chi connectivity index (χ0) is 14.8. The standard InChI is InChI=1S/C20H22N2/c1-2-7-17(8-3-1)15-21-13-6-10-19(16-21)22-14-12-18-9-4-5-11-20(18)22/h1-5,7-9,11-12,14,19H,6,10,13,15-16H2. The fourth-order valence-corrected chi connectivity index (χ4v) is 3.67. The van der Waals surface area contributed by atoms with Crippen LogP contribution in [0.4, 0.5) is 0 Å². The van der Waals surface area contributed by atoms with Crippen molar-refractivity contribution in [1.29, 1.82) is 0 Å². The van der Waals surface area contributed by atoms with Gasteiger partial charge in [-0.25, -0.2) is 0 Å². The van der Waals surface area contributed by atoms with Crippen LogP contribution in [0.15, 0.2) is 66.9 Å². The molecule has 0 saturated carbocycles. The fraction of sp³-hybridized carbons (Fsp3) is 0.300. The summed E-state index contributed by atoms with van der Waals surface area (Å²) in [6, 6.07) is 22.4. The van der Waals surface area contributed by atoms with Gasteiger partial charge in [0.05, 0.1) is 0 Å². The Balaban J connectivity index is 1.53. The number of rotatable bonds is 3. The van der Waals surface area contributed by atoms with E-state index in [9.17, 15) is 0 Å². The van der Waals surface area contributed by atoms with Crippen LogP contribution in [0.2, 0.25) is 0 Å². The SMILES string of the molecule is c1ccc(CN2CCCC(n3ccc4ccccc43)C2)cc1. The van der Waals surface area contributed by atoms with E-state index in [0.717, 1.165) is 13.1 Å². The minimum atomic E-state index is 0.595. The predicted molar refractivity (Wildman–Crippen MR) is 91.9 cm³/mol. The topological polar surface area (TPSA) is 8.17 Å². The molecule has 1 fully saturated rings. The number of piperidine rings is 1. The van der Waals surface area contributed by atoms with Gasteiger partial charge < -0.3 is 4.57 Å². The van der Waals surface area contributed by atoms with E-state index in [-0.39, 0.29) is 0 Å². The Morgan fingerprint density at radius 3 is 2.64 bits per heavy atom. The number of para-hydroxylation sites is 1. The third-order valence-electron chi connectivity index (χ3n) is 4.75. The highest BCUT2D eigenvalue weighted by atomic mass is 15.2. The minimum Gasteiger partial charge on any atom is -0.343 e. The van der Waals surface area contributed by atoms with E-state index in [1.807, 2.05) is 0 Å². The third-order valence-corrected chi connectivity index (χ3v) is 4.75. The predicted octanol–water partition coefficient (Wildman–Crippen LogP) is 4.48. The van der Waals surface area contributed by atoms with Gasteiger partial charge in [0.2, 0.25) is 0 Å². The molecule has 2 heteroatoms. The van der Waals surface area contributed by atoms with Crippen molar-refractivity contribution < 1.29 is 0 Å².